The number of ether oxygens (including phenoxy) is 3. The number of methoxy groups -OCH3 is 2. The molecule has 4 aromatic rings. The van der Waals surface area contributed by atoms with Crippen molar-refractivity contribution in [3.05, 3.63) is 64.7 Å². The first-order valence-electron chi connectivity index (χ1n) is 12.8. The van der Waals surface area contributed by atoms with Crippen molar-refractivity contribution in [1.82, 2.24) is 30.4 Å². The summed E-state index contributed by atoms with van der Waals surface area (Å²) < 4.78 is 21.9. The summed E-state index contributed by atoms with van der Waals surface area (Å²) in [5, 5.41) is 17.5. The molecule has 1 fully saturated rings. The summed E-state index contributed by atoms with van der Waals surface area (Å²) in [5.41, 5.74) is 0.647. The first-order chi connectivity index (χ1) is 19.6. The van der Waals surface area contributed by atoms with Crippen molar-refractivity contribution in [2.75, 3.05) is 27.4 Å². The number of nitrogens with one attached hydrogen (secondary N) is 1. The standard InChI is InChI=1S/C27H30N6O6S/c1-36-21-10-9-18(14-22(21)37-2)26-29-31-33(30-26)17-24(34)32(16-20-7-4-12-39-20)25(23-8-5-13-40-23)27(35)28-15-19-6-3-11-38-19/h4-5,7-10,12-14,19,25H,3,6,11,15-17H2,1-2H3,(H,28,35)/t19-,25-/m0/s1. The predicted molar refractivity (Wildman–Crippen MR) is 145 cm³/mol. The van der Waals surface area contributed by atoms with Gasteiger partial charge < -0.3 is 28.8 Å². The Bertz CT molecular complexity index is 1400. The summed E-state index contributed by atoms with van der Waals surface area (Å²) in [6, 6.07) is 11.6. The minimum atomic E-state index is -0.882. The minimum Gasteiger partial charge on any atom is -0.493 e. The Morgan fingerprint density at radius 2 is 2.08 bits per heavy atom. The van der Waals surface area contributed by atoms with Crippen molar-refractivity contribution in [3.8, 4) is 22.9 Å². The molecule has 1 aliphatic heterocycles. The summed E-state index contributed by atoms with van der Waals surface area (Å²) in [7, 11) is 3.09. The van der Waals surface area contributed by atoms with E-state index < -0.39 is 6.04 Å². The molecule has 1 aliphatic rings. The van der Waals surface area contributed by atoms with E-state index in [0.717, 1.165) is 17.7 Å². The highest BCUT2D eigenvalue weighted by Gasteiger charge is 2.34. The molecular weight excluding hydrogens is 536 g/mol. The number of rotatable bonds is 12. The van der Waals surface area contributed by atoms with Crippen LogP contribution in [-0.2, 0) is 27.4 Å². The average molecular weight is 567 g/mol. The van der Waals surface area contributed by atoms with Gasteiger partial charge in [-0.25, -0.2) is 0 Å². The normalized spacial score (nSPS) is 15.5. The van der Waals surface area contributed by atoms with Crippen LogP contribution in [0.2, 0.25) is 0 Å². The van der Waals surface area contributed by atoms with E-state index in [9.17, 15) is 9.59 Å². The number of tetrazole rings is 1. The van der Waals surface area contributed by atoms with Crippen LogP contribution in [0.4, 0.5) is 0 Å². The molecule has 0 aliphatic carbocycles. The number of hydrogen-bond acceptors (Lipinski definition) is 10. The second-order valence-corrected chi connectivity index (χ2v) is 10.1. The number of carbonyl (C=O) groups excluding carboxylic acids is 2. The second-order valence-electron chi connectivity index (χ2n) is 9.11. The van der Waals surface area contributed by atoms with Crippen LogP contribution in [0.3, 0.4) is 0 Å². The lowest BCUT2D eigenvalue weighted by atomic mass is 10.1. The molecule has 5 rings (SSSR count). The SMILES string of the molecule is COc1ccc(-c2nnn(CC(=O)N(Cc3ccco3)[C@H](C(=O)NC[C@@H]3CCCO3)c3cccs3)n2)cc1OC. The number of thiophene rings is 1. The molecule has 0 unspecified atom stereocenters. The molecule has 1 saturated heterocycles. The molecule has 0 bridgehead atoms. The fraction of sp³-hybridized carbons (Fsp3) is 0.370. The second kappa shape index (κ2) is 12.7. The summed E-state index contributed by atoms with van der Waals surface area (Å²) in [6.07, 6.45) is 3.36. The molecule has 1 aromatic carbocycles. The van der Waals surface area contributed by atoms with Gasteiger partial charge in [0.1, 0.15) is 18.3 Å². The summed E-state index contributed by atoms with van der Waals surface area (Å²) >= 11 is 1.40. The first-order valence-corrected chi connectivity index (χ1v) is 13.7. The Kier molecular flexibility index (Phi) is 8.71. The van der Waals surface area contributed by atoms with E-state index in [1.54, 1.807) is 44.6 Å². The van der Waals surface area contributed by atoms with E-state index in [2.05, 4.69) is 20.7 Å². The van der Waals surface area contributed by atoms with Gasteiger partial charge in [0.05, 0.1) is 33.1 Å². The molecular formula is C27H30N6O6S. The Labute approximate surface area is 234 Å². The predicted octanol–water partition coefficient (Wildman–Crippen LogP) is 3.08. The van der Waals surface area contributed by atoms with E-state index in [4.69, 9.17) is 18.6 Å². The first kappa shape index (κ1) is 27.3. The van der Waals surface area contributed by atoms with Gasteiger partial charge in [-0.1, -0.05) is 6.07 Å². The van der Waals surface area contributed by atoms with Crippen LogP contribution in [0.1, 0.15) is 29.5 Å². The molecule has 0 spiro atoms. The molecule has 0 radical (unpaired) electrons. The number of amides is 2. The maximum absolute atomic E-state index is 13.8. The fourth-order valence-corrected chi connectivity index (χ4v) is 5.33. The third-order valence-corrected chi connectivity index (χ3v) is 7.42. The van der Waals surface area contributed by atoms with Gasteiger partial charge in [-0.05, 0) is 59.8 Å². The van der Waals surface area contributed by atoms with Gasteiger partial charge >= 0.3 is 0 Å². The van der Waals surface area contributed by atoms with E-state index in [1.165, 1.54) is 27.3 Å². The highest BCUT2D eigenvalue weighted by Crippen LogP contribution is 2.31. The lowest BCUT2D eigenvalue weighted by Gasteiger charge is -2.30. The number of benzene rings is 1. The van der Waals surface area contributed by atoms with Gasteiger partial charge in [0.15, 0.2) is 11.5 Å². The molecule has 210 valence electrons. The van der Waals surface area contributed by atoms with Crippen LogP contribution >= 0.6 is 11.3 Å². The Balaban J connectivity index is 1.38. The molecule has 4 heterocycles. The van der Waals surface area contributed by atoms with Crippen molar-refractivity contribution in [1.29, 1.82) is 0 Å². The maximum atomic E-state index is 13.8. The smallest absolute Gasteiger partial charge is 0.248 e. The summed E-state index contributed by atoms with van der Waals surface area (Å²) in [4.78, 5) is 30.8. The molecule has 3 aromatic heterocycles. The monoisotopic (exact) mass is 566 g/mol. The van der Waals surface area contributed by atoms with Crippen LogP contribution < -0.4 is 14.8 Å². The zero-order valence-electron chi connectivity index (χ0n) is 22.2. The maximum Gasteiger partial charge on any atom is 0.248 e. The van der Waals surface area contributed by atoms with Gasteiger partial charge in [0, 0.05) is 23.6 Å². The average Bonchev–Trinajstić information content (AvgIpc) is 3.80. The number of carbonyl (C=O) groups is 2. The molecule has 2 atom stereocenters. The van der Waals surface area contributed by atoms with Gasteiger partial charge in [-0.2, -0.15) is 4.80 Å². The van der Waals surface area contributed by atoms with Crippen molar-refractivity contribution in [3.63, 3.8) is 0 Å². The van der Waals surface area contributed by atoms with E-state index in [0.29, 0.717) is 41.8 Å². The summed E-state index contributed by atoms with van der Waals surface area (Å²) in [5.74, 6) is 1.27. The van der Waals surface area contributed by atoms with Gasteiger partial charge in [0.2, 0.25) is 17.6 Å². The number of furan rings is 1. The van der Waals surface area contributed by atoms with Gasteiger partial charge in [-0.15, -0.1) is 21.5 Å². The van der Waals surface area contributed by atoms with Crippen molar-refractivity contribution < 1.29 is 28.2 Å². The minimum absolute atomic E-state index is 0.0310. The Hall–Kier alpha value is -4.23. The zero-order chi connectivity index (χ0) is 27.9. The van der Waals surface area contributed by atoms with E-state index >= 15 is 0 Å². The van der Waals surface area contributed by atoms with Crippen LogP contribution in [0, 0.1) is 0 Å². The molecule has 13 heteroatoms. The number of aromatic nitrogens is 4. The van der Waals surface area contributed by atoms with Gasteiger partial charge in [-0.3, -0.25) is 9.59 Å². The highest BCUT2D eigenvalue weighted by atomic mass is 32.1. The van der Waals surface area contributed by atoms with Crippen molar-refractivity contribution in [2.45, 2.75) is 38.1 Å². The quantitative estimate of drug-likeness (QED) is 0.275. The largest absolute Gasteiger partial charge is 0.493 e. The third kappa shape index (κ3) is 6.32. The molecule has 2 amide bonds. The van der Waals surface area contributed by atoms with Crippen LogP contribution in [0.25, 0.3) is 11.4 Å². The van der Waals surface area contributed by atoms with Crippen molar-refractivity contribution >= 4 is 23.2 Å². The lowest BCUT2D eigenvalue weighted by molar-refractivity contribution is -0.142. The van der Waals surface area contributed by atoms with Crippen molar-refractivity contribution in [2.24, 2.45) is 0 Å². The highest BCUT2D eigenvalue weighted by molar-refractivity contribution is 7.10. The topological polar surface area (TPSA) is 134 Å². The lowest BCUT2D eigenvalue weighted by Crippen LogP contribution is -2.45. The fourth-order valence-electron chi connectivity index (χ4n) is 4.49. The van der Waals surface area contributed by atoms with Crippen LogP contribution in [0.5, 0.6) is 11.5 Å². The third-order valence-electron chi connectivity index (χ3n) is 6.50. The number of hydrogen-bond donors (Lipinski definition) is 1. The molecule has 1 N–H and O–H groups in total. The van der Waals surface area contributed by atoms with E-state index in [1.807, 2.05) is 17.5 Å². The van der Waals surface area contributed by atoms with Crippen LogP contribution in [0.15, 0.2) is 58.5 Å². The molecule has 12 nitrogen and oxygen atoms in total. The number of nitrogens with zero attached hydrogens (tertiary/aromatic N) is 5. The molecule has 40 heavy (non-hydrogen) atoms. The van der Waals surface area contributed by atoms with Gasteiger partial charge in [0.25, 0.3) is 0 Å². The van der Waals surface area contributed by atoms with Crippen LogP contribution in [-0.4, -0.2) is 70.4 Å². The Morgan fingerprint density at radius 1 is 1.20 bits per heavy atom. The summed E-state index contributed by atoms with van der Waals surface area (Å²) in [6.45, 7) is 0.915. The molecule has 0 saturated carbocycles. The Morgan fingerprint density at radius 3 is 2.77 bits per heavy atom. The zero-order valence-corrected chi connectivity index (χ0v) is 23.0. The van der Waals surface area contributed by atoms with E-state index in [-0.39, 0.29) is 31.0 Å².